The topological polar surface area (TPSA) is 35.0 Å². The monoisotopic (exact) mass is 336 g/mol. The van der Waals surface area contributed by atoms with Crippen molar-refractivity contribution in [3.05, 3.63) is 66.0 Å². The Kier molecular flexibility index (Phi) is 6.51. The molecule has 0 bridgehead atoms. The zero-order chi connectivity index (χ0) is 18.3. The fourth-order valence-corrected chi connectivity index (χ4v) is 2.53. The van der Waals surface area contributed by atoms with Crippen LogP contribution in [0.4, 0.5) is 0 Å². The van der Waals surface area contributed by atoms with Crippen LogP contribution < -0.4 is 4.74 Å². The minimum atomic E-state index is 0.189. The summed E-state index contributed by atoms with van der Waals surface area (Å²) in [4.78, 5) is 8.50. The lowest BCUT2D eigenvalue weighted by atomic mass is 9.86. The van der Waals surface area contributed by atoms with E-state index in [1.165, 1.54) is 11.1 Å². The number of nitrogens with zero attached hydrogens (tertiary/aromatic N) is 2. The summed E-state index contributed by atoms with van der Waals surface area (Å²) in [6, 6.07) is 16.7. The number of hydrogen-bond donors (Lipinski definition) is 0. The van der Waals surface area contributed by atoms with Crippen molar-refractivity contribution < 1.29 is 4.74 Å². The van der Waals surface area contributed by atoms with Crippen LogP contribution in [0.5, 0.6) is 5.88 Å². The largest absolute Gasteiger partial charge is 0.477 e. The third-order valence-corrected chi connectivity index (χ3v) is 3.96. The van der Waals surface area contributed by atoms with E-state index in [2.05, 4.69) is 55.0 Å². The van der Waals surface area contributed by atoms with Crippen molar-refractivity contribution in [3.8, 4) is 5.88 Å². The normalized spacial score (nSPS) is 10.9. The molecule has 1 heterocycles. The fourth-order valence-electron chi connectivity index (χ4n) is 2.53. The number of hydrogen-bond acceptors (Lipinski definition) is 3. The van der Waals surface area contributed by atoms with E-state index in [1.54, 1.807) is 6.33 Å². The molecule has 0 radical (unpaired) electrons. The molecule has 0 aliphatic rings. The molecular formula is C22H28N2O. The molecule has 2 aromatic carbocycles. The molecule has 0 unspecified atom stereocenters. The van der Waals surface area contributed by atoms with E-state index in [1.807, 2.05) is 38.1 Å². The molecule has 0 amide bonds. The molecule has 3 heteroatoms. The maximum atomic E-state index is 5.87. The average Bonchev–Trinajstić information content (AvgIpc) is 2.63. The maximum Gasteiger partial charge on any atom is 0.224 e. The molecule has 25 heavy (non-hydrogen) atoms. The number of ether oxygens (including phenoxy) is 1. The summed E-state index contributed by atoms with van der Waals surface area (Å²) < 4.78 is 5.87. The van der Waals surface area contributed by atoms with Crippen molar-refractivity contribution in [1.29, 1.82) is 0 Å². The van der Waals surface area contributed by atoms with Gasteiger partial charge in [-0.25, -0.2) is 9.97 Å². The van der Waals surface area contributed by atoms with Crippen molar-refractivity contribution in [1.82, 2.24) is 9.97 Å². The van der Waals surface area contributed by atoms with Gasteiger partial charge in [0.05, 0.1) is 17.5 Å². The summed E-state index contributed by atoms with van der Waals surface area (Å²) in [6.45, 7) is 11.3. The van der Waals surface area contributed by atoms with E-state index in [9.17, 15) is 0 Å². The molecule has 0 N–H and O–H groups in total. The smallest absolute Gasteiger partial charge is 0.224 e. The first-order valence-electron chi connectivity index (χ1n) is 8.96. The molecule has 132 valence electrons. The molecule has 0 spiro atoms. The summed E-state index contributed by atoms with van der Waals surface area (Å²) in [7, 11) is 0. The van der Waals surface area contributed by atoms with E-state index in [0.717, 1.165) is 17.3 Å². The van der Waals surface area contributed by atoms with Crippen LogP contribution in [0.1, 0.15) is 45.7 Å². The fraction of sp³-hybridized carbons (Fsp3) is 0.364. The molecule has 0 saturated carbocycles. The van der Waals surface area contributed by atoms with Crippen LogP contribution in [-0.4, -0.2) is 16.6 Å². The second-order valence-corrected chi connectivity index (χ2v) is 6.74. The van der Waals surface area contributed by atoms with Gasteiger partial charge in [0, 0.05) is 6.42 Å². The van der Waals surface area contributed by atoms with E-state index in [4.69, 9.17) is 4.74 Å². The van der Waals surface area contributed by atoms with Gasteiger partial charge in [-0.05, 0) is 28.7 Å². The Balaban J connectivity index is 0.00000109. The molecule has 3 nitrogen and oxygen atoms in total. The van der Waals surface area contributed by atoms with E-state index < -0.39 is 0 Å². The quantitative estimate of drug-likeness (QED) is 0.624. The Hall–Kier alpha value is -2.42. The van der Waals surface area contributed by atoms with E-state index in [-0.39, 0.29) is 5.41 Å². The zero-order valence-electron chi connectivity index (χ0n) is 15.9. The van der Waals surface area contributed by atoms with Gasteiger partial charge in [0.2, 0.25) is 5.88 Å². The zero-order valence-corrected chi connectivity index (χ0v) is 15.9. The number of rotatable bonds is 4. The van der Waals surface area contributed by atoms with Gasteiger partial charge in [-0.2, -0.15) is 0 Å². The third kappa shape index (κ3) is 5.02. The number of aromatic nitrogens is 2. The van der Waals surface area contributed by atoms with Gasteiger partial charge in [0.1, 0.15) is 6.33 Å². The Bertz CT molecular complexity index is 784. The van der Waals surface area contributed by atoms with Crippen LogP contribution in [-0.2, 0) is 11.8 Å². The average molecular weight is 336 g/mol. The van der Waals surface area contributed by atoms with Crippen molar-refractivity contribution in [2.75, 3.05) is 6.61 Å². The molecule has 0 atom stereocenters. The summed E-state index contributed by atoms with van der Waals surface area (Å²) in [5, 5.41) is 0.957. The van der Waals surface area contributed by atoms with Crippen molar-refractivity contribution in [2.24, 2.45) is 0 Å². The van der Waals surface area contributed by atoms with Crippen LogP contribution in [0.25, 0.3) is 10.9 Å². The molecule has 0 fully saturated rings. The van der Waals surface area contributed by atoms with Gasteiger partial charge in [-0.15, -0.1) is 0 Å². The van der Waals surface area contributed by atoms with Crippen LogP contribution in [0.2, 0.25) is 0 Å². The highest BCUT2D eigenvalue weighted by Gasteiger charge is 2.12. The van der Waals surface area contributed by atoms with Crippen LogP contribution in [0, 0.1) is 0 Å². The lowest BCUT2D eigenvalue weighted by Gasteiger charge is -2.19. The van der Waals surface area contributed by atoms with Crippen LogP contribution in [0.3, 0.4) is 0 Å². The van der Waals surface area contributed by atoms with Crippen molar-refractivity contribution in [3.63, 3.8) is 0 Å². The first-order chi connectivity index (χ1) is 12.0. The van der Waals surface area contributed by atoms with Gasteiger partial charge >= 0.3 is 0 Å². The number of fused-ring (bicyclic) bond motifs is 1. The Morgan fingerprint density at radius 2 is 1.56 bits per heavy atom. The lowest BCUT2D eigenvalue weighted by molar-refractivity contribution is 0.313. The standard InChI is InChI=1S/C20H22N2O.C2H6/c1-20(2,3)16-10-8-15(9-11-16)12-13-23-19-17-6-4-5-7-18(17)21-14-22-19;1-2/h4-11,14H,12-13H2,1-3H3;1-2H3. The summed E-state index contributed by atoms with van der Waals surface area (Å²) in [5.74, 6) is 0.655. The van der Waals surface area contributed by atoms with E-state index >= 15 is 0 Å². The van der Waals surface area contributed by atoms with Crippen LogP contribution >= 0.6 is 0 Å². The highest BCUT2D eigenvalue weighted by molar-refractivity contribution is 5.82. The Morgan fingerprint density at radius 1 is 0.880 bits per heavy atom. The number of para-hydroxylation sites is 1. The predicted molar refractivity (Wildman–Crippen MR) is 105 cm³/mol. The van der Waals surface area contributed by atoms with Crippen molar-refractivity contribution >= 4 is 10.9 Å². The summed E-state index contributed by atoms with van der Waals surface area (Å²) in [6.07, 6.45) is 2.42. The minimum absolute atomic E-state index is 0.189. The van der Waals surface area contributed by atoms with Gasteiger partial charge in [0.25, 0.3) is 0 Å². The van der Waals surface area contributed by atoms with E-state index in [0.29, 0.717) is 12.5 Å². The third-order valence-electron chi connectivity index (χ3n) is 3.96. The number of benzene rings is 2. The maximum absolute atomic E-state index is 5.87. The second-order valence-electron chi connectivity index (χ2n) is 6.74. The van der Waals surface area contributed by atoms with Gasteiger partial charge in [-0.1, -0.05) is 71.0 Å². The van der Waals surface area contributed by atoms with Gasteiger partial charge < -0.3 is 4.74 Å². The van der Waals surface area contributed by atoms with Crippen molar-refractivity contribution in [2.45, 2.75) is 46.5 Å². The molecule has 3 rings (SSSR count). The highest BCUT2D eigenvalue weighted by Crippen LogP contribution is 2.23. The van der Waals surface area contributed by atoms with Gasteiger partial charge in [-0.3, -0.25) is 0 Å². The highest BCUT2D eigenvalue weighted by atomic mass is 16.5. The first-order valence-corrected chi connectivity index (χ1v) is 8.96. The first kappa shape index (κ1) is 18.9. The molecule has 0 aliphatic heterocycles. The lowest BCUT2D eigenvalue weighted by Crippen LogP contribution is -2.11. The molecular weight excluding hydrogens is 308 g/mol. The summed E-state index contributed by atoms with van der Waals surface area (Å²) >= 11 is 0. The SMILES string of the molecule is CC.CC(C)(C)c1ccc(CCOc2ncnc3ccccc23)cc1. The minimum Gasteiger partial charge on any atom is -0.477 e. The summed E-state index contributed by atoms with van der Waals surface area (Å²) in [5.41, 5.74) is 3.72. The van der Waals surface area contributed by atoms with Gasteiger partial charge in [0.15, 0.2) is 0 Å². The predicted octanol–water partition coefficient (Wildman–Crippen LogP) is 5.58. The molecule has 3 aromatic rings. The molecule has 0 aliphatic carbocycles. The molecule has 0 saturated heterocycles. The molecule has 1 aromatic heterocycles. The Labute approximate surface area is 151 Å². The van der Waals surface area contributed by atoms with Crippen LogP contribution in [0.15, 0.2) is 54.9 Å². The Morgan fingerprint density at radius 3 is 2.24 bits per heavy atom. The second kappa shape index (κ2) is 8.61.